The standard InChI is InChI=1S/C16H15F3N6O2S/c1-2-12(26)24-15-23-11(8-28-15)13(27)25-4-3-10(7-25)22-14-20-5-9(6-21-14)16(17,18)19/h2,5-6,8,10H,1,3-4,7H2,(H,20,21,22)(H,23,24,26)/t10-/m0/s1. The summed E-state index contributed by atoms with van der Waals surface area (Å²) >= 11 is 1.12. The first-order valence-corrected chi connectivity index (χ1v) is 8.98. The van der Waals surface area contributed by atoms with Gasteiger partial charge in [-0.1, -0.05) is 6.58 Å². The van der Waals surface area contributed by atoms with Crippen LogP contribution in [0.25, 0.3) is 0 Å². The number of nitrogens with zero attached hydrogens (tertiary/aromatic N) is 4. The number of thiazole rings is 1. The third kappa shape index (κ3) is 4.63. The predicted octanol–water partition coefficient (Wildman–Crippen LogP) is 2.40. The van der Waals surface area contributed by atoms with Gasteiger partial charge in [-0.3, -0.25) is 14.9 Å². The maximum absolute atomic E-state index is 12.5. The number of carbonyl (C=O) groups is 2. The summed E-state index contributed by atoms with van der Waals surface area (Å²) in [5, 5.41) is 7.24. The molecular formula is C16H15F3N6O2S. The molecule has 3 rings (SSSR count). The minimum absolute atomic E-state index is 0.0652. The Hall–Kier alpha value is -3.02. The van der Waals surface area contributed by atoms with Crippen molar-refractivity contribution in [3.05, 3.63) is 41.7 Å². The molecule has 0 spiro atoms. The lowest BCUT2D eigenvalue weighted by atomic mass is 10.3. The second kappa shape index (κ2) is 7.92. The Morgan fingerprint density at radius 2 is 2.04 bits per heavy atom. The number of nitrogens with one attached hydrogen (secondary N) is 2. The van der Waals surface area contributed by atoms with E-state index in [1.165, 1.54) is 0 Å². The number of alkyl halides is 3. The Morgan fingerprint density at radius 3 is 2.68 bits per heavy atom. The molecule has 3 heterocycles. The second-order valence-corrected chi connectivity index (χ2v) is 6.76. The molecule has 2 amide bonds. The molecule has 1 saturated heterocycles. The van der Waals surface area contributed by atoms with Crippen LogP contribution in [-0.4, -0.2) is 50.8 Å². The maximum atomic E-state index is 12.5. The highest BCUT2D eigenvalue weighted by atomic mass is 32.1. The molecule has 12 heteroatoms. The summed E-state index contributed by atoms with van der Waals surface area (Å²) in [6.07, 6.45) is -1.39. The van der Waals surface area contributed by atoms with Crippen molar-refractivity contribution >= 4 is 34.2 Å². The van der Waals surface area contributed by atoms with Gasteiger partial charge >= 0.3 is 6.18 Å². The average molecular weight is 412 g/mol. The first-order valence-electron chi connectivity index (χ1n) is 8.10. The molecule has 0 aliphatic carbocycles. The highest BCUT2D eigenvalue weighted by Gasteiger charge is 2.32. The van der Waals surface area contributed by atoms with Crippen LogP contribution in [-0.2, 0) is 11.0 Å². The summed E-state index contributed by atoms with van der Waals surface area (Å²) in [6.45, 7) is 4.11. The van der Waals surface area contributed by atoms with Crippen LogP contribution in [0.1, 0.15) is 22.5 Å². The number of hydrogen-bond acceptors (Lipinski definition) is 7. The van der Waals surface area contributed by atoms with Gasteiger partial charge in [-0.05, 0) is 12.5 Å². The molecule has 1 atom stereocenters. The summed E-state index contributed by atoms with van der Waals surface area (Å²) < 4.78 is 37.6. The van der Waals surface area contributed by atoms with E-state index in [2.05, 4.69) is 32.2 Å². The van der Waals surface area contributed by atoms with E-state index in [1.54, 1.807) is 10.3 Å². The molecular weight excluding hydrogens is 397 g/mol. The van der Waals surface area contributed by atoms with E-state index in [1.807, 2.05) is 0 Å². The number of likely N-dealkylation sites (tertiary alicyclic amines) is 1. The van der Waals surface area contributed by atoms with Crippen LogP contribution in [0.3, 0.4) is 0 Å². The first-order chi connectivity index (χ1) is 13.3. The van der Waals surface area contributed by atoms with Crippen molar-refractivity contribution < 1.29 is 22.8 Å². The maximum Gasteiger partial charge on any atom is 0.419 e. The van der Waals surface area contributed by atoms with Crippen molar-refractivity contribution in [1.29, 1.82) is 0 Å². The number of halogens is 3. The number of amides is 2. The van der Waals surface area contributed by atoms with E-state index in [-0.39, 0.29) is 23.6 Å². The molecule has 1 aliphatic heterocycles. The summed E-state index contributed by atoms with van der Waals surface area (Å²) in [5.41, 5.74) is -0.722. The largest absolute Gasteiger partial charge is 0.419 e. The lowest BCUT2D eigenvalue weighted by Crippen LogP contribution is -2.32. The van der Waals surface area contributed by atoms with Crippen LogP contribution in [0, 0.1) is 0 Å². The van der Waals surface area contributed by atoms with E-state index in [0.717, 1.165) is 17.4 Å². The Balaban J connectivity index is 1.57. The minimum atomic E-state index is -4.49. The zero-order chi connectivity index (χ0) is 20.3. The van der Waals surface area contributed by atoms with Crippen molar-refractivity contribution in [1.82, 2.24) is 19.9 Å². The minimum Gasteiger partial charge on any atom is -0.350 e. The van der Waals surface area contributed by atoms with Crippen molar-refractivity contribution in [2.45, 2.75) is 18.6 Å². The van der Waals surface area contributed by atoms with Gasteiger partial charge in [0, 0.05) is 36.9 Å². The zero-order valence-electron chi connectivity index (χ0n) is 14.4. The quantitative estimate of drug-likeness (QED) is 0.732. The van der Waals surface area contributed by atoms with Gasteiger partial charge in [0.1, 0.15) is 5.69 Å². The molecule has 1 fully saturated rings. The third-order valence-electron chi connectivity index (χ3n) is 3.93. The monoisotopic (exact) mass is 412 g/mol. The van der Waals surface area contributed by atoms with Gasteiger partial charge in [0.15, 0.2) is 5.13 Å². The van der Waals surface area contributed by atoms with E-state index < -0.39 is 17.6 Å². The molecule has 28 heavy (non-hydrogen) atoms. The van der Waals surface area contributed by atoms with Gasteiger partial charge in [-0.25, -0.2) is 15.0 Å². The predicted molar refractivity (Wildman–Crippen MR) is 95.9 cm³/mol. The first kappa shape index (κ1) is 19.7. The fraction of sp³-hybridized carbons (Fsp3) is 0.312. The van der Waals surface area contributed by atoms with Crippen molar-refractivity contribution in [3.8, 4) is 0 Å². The smallest absolute Gasteiger partial charge is 0.350 e. The molecule has 148 valence electrons. The molecule has 2 aromatic rings. The second-order valence-electron chi connectivity index (χ2n) is 5.91. The van der Waals surface area contributed by atoms with Gasteiger partial charge in [0.05, 0.1) is 5.56 Å². The summed E-state index contributed by atoms with van der Waals surface area (Å²) in [5.74, 6) is -0.654. The van der Waals surface area contributed by atoms with E-state index in [9.17, 15) is 22.8 Å². The normalized spacial score (nSPS) is 16.7. The molecule has 2 N–H and O–H groups in total. The SMILES string of the molecule is C=CC(=O)Nc1nc(C(=O)N2CC[C@H](Nc3ncc(C(F)(F)F)cn3)C2)cs1. The Labute approximate surface area is 161 Å². The molecule has 1 aliphatic rings. The van der Waals surface area contributed by atoms with Crippen LogP contribution in [0.5, 0.6) is 0 Å². The van der Waals surface area contributed by atoms with E-state index >= 15 is 0 Å². The van der Waals surface area contributed by atoms with Gasteiger partial charge < -0.3 is 10.2 Å². The van der Waals surface area contributed by atoms with Gasteiger partial charge in [-0.2, -0.15) is 13.2 Å². The molecule has 2 aromatic heterocycles. The molecule has 0 bridgehead atoms. The Morgan fingerprint density at radius 1 is 1.32 bits per heavy atom. The van der Waals surface area contributed by atoms with Crippen LogP contribution in [0.4, 0.5) is 24.3 Å². The fourth-order valence-electron chi connectivity index (χ4n) is 2.54. The molecule has 0 unspecified atom stereocenters. The van der Waals surface area contributed by atoms with Crippen LogP contribution in [0.2, 0.25) is 0 Å². The molecule has 8 nitrogen and oxygen atoms in total. The topological polar surface area (TPSA) is 100 Å². The lowest BCUT2D eigenvalue weighted by Gasteiger charge is -2.16. The summed E-state index contributed by atoms with van der Waals surface area (Å²) in [6, 6.07) is -0.195. The Kier molecular flexibility index (Phi) is 5.58. The van der Waals surface area contributed by atoms with Crippen molar-refractivity contribution in [2.75, 3.05) is 23.7 Å². The van der Waals surface area contributed by atoms with Crippen molar-refractivity contribution in [3.63, 3.8) is 0 Å². The summed E-state index contributed by atoms with van der Waals surface area (Å²) in [7, 11) is 0. The fourth-order valence-corrected chi connectivity index (χ4v) is 3.23. The Bertz CT molecular complexity index is 883. The highest BCUT2D eigenvalue weighted by Crippen LogP contribution is 2.28. The van der Waals surface area contributed by atoms with Crippen molar-refractivity contribution in [2.24, 2.45) is 0 Å². The lowest BCUT2D eigenvalue weighted by molar-refractivity contribution is -0.138. The van der Waals surface area contributed by atoms with Crippen LogP contribution in [0.15, 0.2) is 30.4 Å². The zero-order valence-corrected chi connectivity index (χ0v) is 15.2. The third-order valence-corrected chi connectivity index (χ3v) is 4.68. The molecule has 0 saturated carbocycles. The number of aromatic nitrogens is 3. The summed E-state index contributed by atoms with van der Waals surface area (Å²) in [4.78, 5) is 36.8. The van der Waals surface area contributed by atoms with Gasteiger partial charge in [-0.15, -0.1) is 11.3 Å². The van der Waals surface area contributed by atoms with E-state index in [4.69, 9.17) is 0 Å². The number of carbonyl (C=O) groups excluding carboxylic acids is 2. The van der Waals surface area contributed by atoms with Gasteiger partial charge in [0.2, 0.25) is 11.9 Å². The van der Waals surface area contributed by atoms with Crippen LogP contribution >= 0.6 is 11.3 Å². The number of anilines is 2. The van der Waals surface area contributed by atoms with Gasteiger partial charge in [0.25, 0.3) is 5.91 Å². The molecule has 0 radical (unpaired) electrons. The van der Waals surface area contributed by atoms with Crippen LogP contribution < -0.4 is 10.6 Å². The number of hydrogen-bond donors (Lipinski definition) is 2. The van der Waals surface area contributed by atoms with E-state index in [0.29, 0.717) is 37.0 Å². The average Bonchev–Trinajstić information content (AvgIpc) is 3.30. The number of rotatable bonds is 5. The highest BCUT2D eigenvalue weighted by molar-refractivity contribution is 7.14. The molecule has 0 aromatic carbocycles.